The minimum absolute atomic E-state index is 0.135. The van der Waals surface area contributed by atoms with E-state index in [4.69, 9.17) is 9.47 Å². The average Bonchev–Trinajstić information content (AvgIpc) is 3.33. The number of nitrogens with one attached hydrogen (secondary N) is 1. The van der Waals surface area contributed by atoms with E-state index in [1.165, 1.54) is 212 Å². The fourth-order valence-corrected chi connectivity index (χ4v) is 9.43. The number of hydrogen-bond donors (Lipinski definition) is 6. The molecule has 1 fully saturated rings. The van der Waals surface area contributed by atoms with Crippen LogP contribution in [0, 0.1) is 0 Å². The Morgan fingerprint density at radius 1 is 0.507 bits per heavy atom. The summed E-state index contributed by atoms with van der Waals surface area (Å²) in [6.45, 7) is 3.86. The highest BCUT2D eigenvalue weighted by Gasteiger charge is 2.44. The molecule has 9 heteroatoms. The number of aliphatic hydroxyl groups is 5. The maximum Gasteiger partial charge on any atom is 0.220 e. The highest BCUT2D eigenvalue weighted by atomic mass is 16.7. The third-order valence-corrected chi connectivity index (χ3v) is 14.1. The van der Waals surface area contributed by atoms with E-state index in [-0.39, 0.29) is 12.5 Å². The van der Waals surface area contributed by atoms with Crippen molar-refractivity contribution in [1.29, 1.82) is 0 Å². The van der Waals surface area contributed by atoms with E-state index in [0.717, 1.165) is 44.9 Å². The van der Waals surface area contributed by atoms with Crippen molar-refractivity contribution >= 4 is 5.91 Å². The summed E-state index contributed by atoms with van der Waals surface area (Å²) in [5.74, 6) is -0.141. The summed E-state index contributed by atoms with van der Waals surface area (Å²) in [6.07, 6.45) is 53.4. The van der Waals surface area contributed by atoms with Crippen LogP contribution < -0.4 is 5.32 Å². The number of unbranched alkanes of at least 4 members (excludes halogenated alkanes) is 36. The summed E-state index contributed by atoms with van der Waals surface area (Å²) >= 11 is 0. The van der Waals surface area contributed by atoms with Crippen LogP contribution in [-0.2, 0) is 14.3 Å². The summed E-state index contributed by atoms with van der Waals surface area (Å²) in [4.78, 5) is 13.1. The van der Waals surface area contributed by atoms with Crippen LogP contribution in [-0.4, -0.2) is 87.5 Å². The zero-order valence-electron chi connectivity index (χ0n) is 43.9. The van der Waals surface area contributed by atoms with E-state index in [1.807, 2.05) is 0 Å². The molecule has 0 bridgehead atoms. The van der Waals surface area contributed by atoms with Crippen LogP contribution in [0.15, 0.2) is 24.3 Å². The predicted molar refractivity (Wildman–Crippen MR) is 281 cm³/mol. The SMILES string of the molecule is CCCCCCC/C=C\C/C=C\CCCCCCCCCCCCCCCC(=O)NC(COC1OC(CO)C(O)C(O)C1O)C(O)CCCCCCCCCCCCCCCCCCCCC. The maximum atomic E-state index is 13.1. The van der Waals surface area contributed by atoms with Gasteiger partial charge in [-0.25, -0.2) is 0 Å². The van der Waals surface area contributed by atoms with Gasteiger partial charge in [0.2, 0.25) is 5.91 Å². The Balaban J connectivity index is 2.19. The number of amides is 1. The number of hydrogen-bond acceptors (Lipinski definition) is 8. The van der Waals surface area contributed by atoms with E-state index in [0.29, 0.717) is 12.8 Å². The van der Waals surface area contributed by atoms with E-state index in [2.05, 4.69) is 43.5 Å². The Hall–Kier alpha value is -1.33. The zero-order chi connectivity index (χ0) is 48.7. The molecular weight excluding hydrogens is 839 g/mol. The lowest BCUT2D eigenvalue weighted by Crippen LogP contribution is -2.60. The number of rotatable bonds is 50. The molecule has 6 N–H and O–H groups in total. The molecule has 0 aliphatic carbocycles. The Morgan fingerprint density at radius 3 is 1.28 bits per heavy atom. The second-order valence-corrected chi connectivity index (χ2v) is 20.4. The molecule has 7 atom stereocenters. The van der Waals surface area contributed by atoms with Gasteiger partial charge >= 0.3 is 0 Å². The largest absolute Gasteiger partial charge is 0.394 e. The van der Waals surface area contributed by atoms with E-state index in [9.17, 15) is 30.3 Å². The van der Waals surface area contributed by atoms with Crippen molar-refractivity contribution in [3.05, 3.63) is 24.3 Å². The molecule has 0 spiro atoms. The molecular formula is C58H111NO8. The molecule has 0 aromatic carbocycles. The first-order valence-corrected chi connectivity index (χ1v) is 29.0. The molecule has 9 nitrogen and oxygen atoms in total. The van der Waals surface area contributed by atoms with Crippen molar-refractivity contribution in [3.8, 4) is 0 Å². The summed E-state index contributed by atoms with van der Waals surface area (Å²) in [7, 11) is 0. The van der Waals surface area contributed by atoms with Gasteiger partial charge in [-0.15, -0.1) is 0 Å². The van der Waals surface area contributed by atoms with Crippen LogP contribution in [0.25, 0.3) is 0 Å². The van der Waals surface area contributed by atoms with Gasteiger partial charge in [0, 0.05) is 6.42 Å². The van der Waals surface area contributed by atoms with Crippen LogP contribution in [0.4, 0.5) is 0 Å². The van der Waals surface area contributed by atoms with Gasteiger partial charge in [0.1, 0.15) is 24.4 Å². The number of aliphatic hydroxyl groups excluding tert-OH is 5. The highest BCUT2D eigenvalue weighted by Crippen LogP contribution is 2.23. The van der Waals surface area contributed by atoms with Crippen LogP contribution in [0.3, 0.4) is 0 Å². The summed E-state index contributed by atoms with van der Waals surface area (Å²) in [5, 5.41) is 54.7. The van der Waals surface area contributed by atoms with Crippen molar-refractivity contribution in [2.24, 2.45) is 0 Å². The molecule has 1 rings (SSSR count). The van der Waals surface area contributed by atoms with Crippen molar-refractivity contribution in [2.75, 3.05) is 13.2 Å². The molecule has 1 amide bonds. The van der Waals surface area contributed by atoms with E-state index >= 15 is 0 Å². The number of ether oxygens (including phenoxy) is 2. The number of carbonyl (C=O) groups excluding carboxylic acids is 1. The normalized spacial score (nSPS) is 19.8. The number of allylic oxidation sites excluding steroid dienone is 4. The standard InChI is InChI=1S/C58H111NO8/c1-3-5-7-9-11-13-15-17-19-21-23-24-25-26-27-28-30-32-34-36-38-40-42-44-46-48-54(62)59-51(50-66-58-57(65)56(64)55(63)53(49-60)67-58)52(61)47-45-43-41-39-37-35-33-31-29-22-20-18-16-14-12-10-8-6-4-2/h15,17,21,23,51-53,55-58,60-61,63-65H,3-14,16,18-20,22,24-50H2,1-2H3,(H,59,62)/b17-15-,23-21-. The fourth-order valence-electron chi connectivity index (χ4n) is 9.43. The van der Waals surface area contributed by atoms with E-state index in [1.54, 1.807) is 0 Å². The molecule has 1 aliphatic heterocycles. The van der Waals surface area contributed by atoms with Crippen molar-refractivity contribution in [1.82, 2.24) is 5.32 Å². The van der Waals surface area contributed by atoms with Gasteiger partial charge in [-0.05, 0) is 44.9 Å². The van der Waals surface area contributed by atoms with Crippen molar-refractivity contribution in [3.63, 3.8) is 0 Å². The fraction of sp³-hybridized carbons (Fsp3) is 0.914. The molecule has 0 aromatic rings. The lowest BCUT2D eigenvalue weighted by atomic mass is 9.99. The number of carbonyl (C=O) groups is 1. The molecule has 1 aliphatic rings. The van der Waals surface area contributed by atoms with E-state index < -0.39 is 49.5 Å². The van der Waals surface area contributed by atoms with Crippen molar-refractivity contribution in [2.45, 2.75) is 326 Å². The summed E-state index contributed by atoms with van der Waals surface area (Å²) in [5.41, 5.74) is 0. The Morgan fingerprint density at radius 2 is 0.881 bits per heavy atom. The third kappa shape index (κ3) is 38.1. The lowest BCUT2D eigenvalue weighted by molar-refractivity contribution is -0.302. The molecule has 1 heterocycles. The molecule has 0 aromatic heterocycles. The summed E-state index contributed by atoms with van der Waals surface area (Å²) in [6, 6.07) is -0.718. The predicted octanol–water partition coefficient (Wildman–Crippen LogP) is 14.2. The lowest BCUT2D eigenvalue weighted by Gasteiger charge is -2.40. The zero-order valence-corrected chi connectivity index (χ0v) is 43.9. The van der Waals surface area contributed by atoms with Crippen molar-refractivity contribution < 1.29 is 39.8 Å². The topological polar surface area (TPSA) is 149 Å². The quantitative estimate of drug-likeness (QED) is 0.0261. The summed E-state index contributed by atoms with van der Waals surface area (Å²) < 4.78 is 11.3. The van der Waals surface area contributed by atoms with Gasteiger partial charge in [0.25, 0.3) is 0 Å². The average molecular weight is 951 g/mol. The highest BCUT2D eigenvalue weighted by molar-refractivity contribution is 5.76. The Labute approximate surface area is 413 Å². The molecule has 67 heavy (non-hydrogen) atoms. The smallest absolute Gasteiger partial charge is 0.220 e. The molecule has 7 unspecified atom stereocenters. The molecule has 0 saturated carbocycles. The van der Waals surface area contributed by atoms with Gasteiger partial charge in [-0.1, -0.05) is 256 Å². The Bertz CT molecular complexity index is 1100. The second kappa shape index (κ2) is 48.3. The molecule has 0 radical (unpaired) electrons. The van der Waals surface area contributed by atoms with Crippen LogP contribution in [0.2, 0.25) is 0 Å². The van der Waals surface area contributed by atoms with Crippen LogP contribution >= 0.6 is 0 Å². The maximum absolute atomic E-state index is 13.1. The van der Waals surface area contributed by atoms with Gasteiger partial charge in [-0.3, -0.25) is 4.79 Å². The van der Waals surface area contributed by atoms with Gasteiger partial charge < -0.3 is 40.3 Å². The van der Waals surface area contributed by atoms with Crippen LogP contribution in [0.1, 0.15) is 284 Å². The van der Waals surface area contributed by atoms with Gasteiger partial charge in [-0.2, -0.15) is 0 Å². The van der Waals surface area contributed by atoms with Gasteiger partial charge in [0.05, 0.1) is 25.4 Å². The third-order valence-electron chi connectivity index (χ3n) is 14.1. The Kier molecular flexibility index (Phi) is 45.9. The molecule has 396 valence electrons. The first-order valence-electron chi connectivity index (χ1n) is 29.0. The first kappa shape index (κ1) is 63.7. The van der Waals surface area contributed by atoms with Gasteiger partial charge in [0.15, 0.2) is 6.29 Å². The monoisotopic (exact) mass is 950 g/mol. The van der Waals surface area contributed by atoms with Crippen LogP contribution in [0.5, 0.6) is 0 Å². The first-order chi connectivity index (χ1) is 32.8. The minimum Gasteiger partial charge on any atom is -0.394 e. The minimum atomic E-state index is -1.55. The molecule has 1 saturated heterocycles. The second-order valence-electron chi connectivity index (χ2n) is 20.4.